The van der Waals surface area contributed by atoms with Gasteiger partial charge in [0.2, 0.25) is 11.8 Å². The average molecular weight is 482 g/mol. The van der Waals surface area contributed by atoms with Gasteiger partial charge < -0.3 is 10.1 Å². The number of nitrogens with zero attached hydrogens (tertiary/aromatic N) is 2. The third-order valence-electron chi connectivity index (χ3n) is 7.58. The summed E-state index contributed by atoms with van der Waals surface area (Å²) >= 11 is 1.33. The summed E-state index contributed by atoms with van der Waals surface area (Å²) in [6.07, 6.45) is 7.08. The number of carbonyl (C=O) groups excluding carboxylic acids is 3. The second-order valence-electron chi connectivity index (χ2n) is 10.2. The molecule has 0 aliphatic heterocycles. The lowest BCUT2D eigenvalue weighted by Gasteiger charge is -2.55. The fraction of sp³-hybridized carbons (Fsp3) is 0.538. The molecular weight excluding hydrogens is 450 g/mol. The number of carbonyl (C=O) groups is 3. The lowest BCUT2D eigenvalue weighted by atomic mass is 9.49. The maximum Gasteiger partial charge on any atom is 0.307 e. The predicted octanol–water partition coefficient (Wildman–Crippen LogP) is 4.59. The van der Waals surface area contributed by atoms with Crippen LogP contribution >= 0.6 is 11.3 Å². The van der Waals surface area contributed by atoms with E-state index in [-0.39, 0.29) is 36.2 Å². The Bertz CT molecular complexity index is 1030. The van der Waals surface area contributed by atoms with Crippen LogP contribution < -0.4 is 10.2 Å². The largest absolute Gasteiger partial charge is 0.459 e. The van der Waals surface area contributed by atoms with Gasteiger partial charge in [0, 0.05) is 24.3 Å². The fourth-order valence-electron chi connectivity index (χ4n) is 6.55. The van der Waals surface area contributed by atoms with E-state index in [1.54, 1.807) is 5.38 Å². The molecule has 2 amide bonds. The van der Waals surface area contributed by atoms with Crippen molar-refractivity contribution < 1.29 is 19.1 Å². The van der Waals surface area contributed by atoms with Crippen molar-refractivity contribution in [1.82, 2.24) is 10.3 Å². The Morgan fingerprint density at radius 2 is 1.74 bits per heavy atom. The third kappa shape index (κ3) is 4.73. The summed E-state index contributed by atoms with van der Waals surface area (Å²) in [6, 6.07) is 9.31. The van der Waals surface area contributed by atoms with E-state index in [1.165, 1.54) is 42.4 Å². The number of esters is 1. The van der Waals surface area contributed by atoms with Gasteiger partial charge in [-0.1, -0.05) is 18.2 Å². The first kappa shape index (κ1) is 23.0. The van der Waals surface area contributed by atoms with Crippen molar-refractivity contribution in [3.05, 3.63) is 41.4 Å². The monoisotopic (exact) mass is 481 g/mol. The molecule has 1 N–H and O–H groups in total. The highest BCUT2D eigenvalue weighted by molar-refractivity contribution is 7.14. The summed E-state index contributed by atoms with van der Waals surface area (Å²) in [7, 11) is 0. The Morgan fingerprint density at radius 3 is 2.35 bits per heavy atom. The SMILES string of the molecule is CC(=O)N(c1ccccc1)c1nc(COC(=O)CCNC(=O)C23CC4CC(CC(C4)C2)C3)cs1. The highest BCUT2D eigenvalue weighted by Gasteiger charge is 2.54. The van der Waals surface area contributed by atoms with Crippen LogP contribution in [0.1, 0.15) is 57.6 Å². The van der Waals surface area contributed by atoms with Gasteiger partial charge in [0.25, 0.3) is 0 Å². The number of aromatic nitrogens is 1. The molecule has 4 fully saturated rings. The maximum absolute atomic E-state index is 13.0. The molecule has 1 aromatic carbocycles. The van der Waals surface area contributed by atoms with E-state index in [2.05, 4.69) is 10.3 Å². The summed E-state index contributed by atoms with van der Waals surface area (Å²) in [6.45, 7) is 1.83. The number of para-hydroxylation sites is 1. The molecule has 4 aliphatic carbocycles. The molecule has 4 aliphatic rings. The molecule has 0 saturated heterocycles. The smallest absolute Gasteiger partial charge is 0.307 e. The van der Waals surface area contributed by atoms with E-state index in [4.69, 9.17) is 4.74 Å². The second-order valence-corrected chi connectivity index (χ2v) is 11.0. The zero-order chi connectivity index (χ0) is 23.7. The number of thiazole rings is 1. The zero-order valence-corrected chi connectivity index (χ0v) is 20.3. The molecule has 1 aromatic heterocycles. The molecule has 1 heterocycles. The van der Waals surface area contributed by atoms with E-state index in [1.807, 2.05) is 30.3 Å². The van der Waals surface area contributed by atoms with Crippen molar-refractivity contribution in [2.24, 2.45) is 23.2 Å². The van der Waals surface area contributed by atoms with Crippen LogP contribution in [0.5, 0.6) is 0 Å². The van der Waals surface area contributed by atoms with Crippen LogP contribution in [0.15, 0.2) is 35.7 Å². The van der Waals surface area contributed by atoms with Crippen molar-refractivity contribution in [3.8, 4) is 0 Å². The lowest BCUT2D eigenvalue weighted by Crippen LogP contribution is -2.53. The number of hydrogen-bond donors (Lipinski definition) is 1. The summed E-state index contributed by atoms with van der Waals surface area (Å²) in [5.74, 6) is 1.77. The van der Waals surface area contributed by atoms with Gasteiger partial charge >= 0.3 is 5.97 Å². The van der Waals surface area contributed by atoms with Crippen LogP contribution in [0.25, 0.3) is 0 Å². The molecule has 0 radical (unpaired) electrons. The third-order valence-corrected chi connectivity index (χ3v) is 8.45. The van der Waals surface area contributed by atoms with Crippen molar-refractivity contribution in [2.75, 3.05) is 11.4 Å². The maximum atomic E-state index is 13.0. The highest BCUT2D eigenvalue weighted by Crippen LogP contribution is 2.60. The van der Waals surface area contributed by atoms with Gasteiger partial charge in [-0.05, 0) is 68.4 Å². The standard InChI is InChI=1S/C26H31N3O4S/c1-17(30)29(22-5-3-2-4-6-22)25-28-21(16-34-25)15-33-23(31)7-8-27-24(32)26-12-18-9-19(13-26)11-20(10-18)14-26/h2-6,16,18-20H,7-15H2,1H3,(H,27,32). The van der Waals surface area contributed by atoms with E-state index in [0.717, 1.165) is 24.9 Å². The minimum absolute atomic E-state index is 0.0405. The summed E-state index contributed by atoms with van der Waals surface area (Å²) in [5.41, 5.74) is 1.13. The molecule has 0 atom stereocenters. The van der Waals surface area contributed by atoms with E-state index in [9.17, 15) is 14.4 Å². The molecule has 4 bridgehead atoms. The zero-order valence-electron chi connectivity index (χ0n) is 19.5. The molecule has 4 saturated carbocycles. The molecule has 180 valence electrons. The lowest BCUT2D eigenvalue weighted by molar-refractivity contribution is -0.147. The molecule has 7 nitrogen and oxygen atoms in total. The fourth-order valence-corrected chi connectivity index (χ4v) is 7.42. The normalized spacial score (nSPS) is 26.8. The van der Waals surface area contributed by atoms with Gasteiger partial charge in [-0.15, -0.1) is 11.3 Å². The van der Waals surface area contributed by atoms with Gasteiger partial charge in [-0.3, -0.25) is 19.3 Å². The quantitative estimate of drug-likeness (QED) is 0.557. The molecule has 8 heteroatoms. The average Bonchev–Trinajstić information content (AvgIpc) is 3.25. The number of hydrogen-bond acceptors (Lipinski definition) is 6. The first-order chi connectivity index (χ1) is 16.4. The summed E-state index contributed by atoms with van der Waals surface area (Å²) in [5, 5.41) is 5.34. The van der Waals surface area contributed by atoms with Gasteiger partial charge in [0.15, 0.2) is 5.13 Å². The predicted molar refractivity (Wildman–Crippen MR) is 129 cm³/mol. The molecule has 0 unspecified atom stereocenters. The Hall–Kier alpha value is -2.74. The number of nitrogens with one attached hydrogen (secondary N) is 1. The Morgan fingerprint density at radius 1 is 1.09 bits per heavy atom. The van der Waals surface area contributed by atoms with Gasteiger partial charge in [0.05, 0.1) is 17.8 Å². The van der Waals surface area contributed by atoms with Crippen LogP contribution in [0.3, 0.4) is 0 Å². The van der Waals surface area contributed by atoms with Crippen LogP contribution in [0.2, 0.25) is 0 Å². The molecule has 2 aromatic rings. The number of rotatable bonds is 8. The molecular formula is C26H31N3O4S. The summed E-state index contributed by atoms with van der Waals surface area (Å²) < 4.78 is 5.37. The van der Waals surface area contributed by atoms with Gasteiger partial charge in [-0.25, -0.2) is 4.98 Å². The van der Waals surface area contributed by atoms with Gasteiger partial charge in [0.1, 0.15) is 6.61 Å². The van der Waals surface area contributed by atoms with E-state index < -0.39 is 0 Å². The van der Waals surface area contributed by atoms with Crippen LogP contribution in [0.4, 0.5) is 10.8 Å². The van der Waals surface area contributed by atoms with Crippen molar-refractivity contribution >= 4 is 39.9 Å². The molecule has 6 rings (SSSR count). The molecule has 34 heavy (non-hydrogen) atoms. The van der Waals surface area contributed by atoms with Crippen molar-refractivity contribution in [2.45, 2.75) is 58.5 Å². The minimum atomic E-state index is -0.369. The highest BCUT2D eigenvalue weighted by atomic mass is 32.1. The van der Waals surface area contributed by atoms with Crippen LogP contribution in [0, 0.1) is 23.2 Å². The van der Waals surface area contributed by atoms with E-state index in [0.29, 0.717) is 35.1 Å². The number of ether oxygens (including phenoxy) is 1. The van der Waals surface area contributed by atoms with Crippen LogP contribution in [-0.2, 0) is 25.7 Å². The number of anilines is 2. The Kier molecular flexibility index (Phi) is 6.42. The Balaban J connectivity index is 1.09. The van der Waals surface area contributed by atoms with Gasteiger partial charge in [-0.2, -0.15) is 0 Å². The number of benzene rings is 1. The number of amides is 2. The van der Waals surface area contributed by atoms with Crippen molar-refractivity contribution in [1.29, 1.82) is 0 Å². The van der Waals surface area contributed by atoms with Crippen molar-refractivity contribution in [3.63, 3.8) is 0 Å². The van der Waals surface area contributed by atoms with E-state index >= 15 is 0 Å². The topological polar surface area (TPSA) is 88.6 Å². The second kappa shape index (κ2) is 9.49. The summed E-state index contributed by atoms with van der Waals surface area (Å²) in [4.78, 5) is 43.4. The Labute approximate surface area is 203 Å². The first-order valence-electron chi connectivity index (χ1n) is 12.2. The molecule has 0 spiro atoms. The minimum Gasteiger partial charge on any atom is -0.459 e. The first-order valence-corrected chi connectivity index (χ1v) is 13.0. The van der Waals surface area contributed by atoms with Crippen LogP contribution in [-0.4, -0.2) is 29.3 Å².